The molecule has 3 rings (SSSR count). The van der Waals surface area contributed by atoms with Crippen molar-refractivity contribution in [2.24, 2.45) is 5.41 Å². The van der Waals surface area contributed by atoms with Crippen molar-refractivity contribution in [2.45, 2.75) is 46.0 Å². The summed E-state index contributed by atoms with van der Waals surface area (Å²) in [6, 6.07) is 1.81. The minimum Gasteiger partial charge on any atom is -0.482 e. The minimum atomic E-state index is 0.0278. The zero-order valence-electron chi connectivity index (χ0n) is 13.6. The number of fused-ring (bicyclic) bond motifs is 3. The monoisotopic (exact) mass is 289 g/mol. The number of aromatic nitrogens is 3. The molecule has 0 saturated carbocycles. The first-order chi connectivity index (χ1) is 9.77. The summed E-state index contributed by atoms with van der Waals surface area (Å²) >= 11 is 0. The van der Waals surface area contributed by atoms with E-state index in [0.717, 1.165) is 24.4 Å². The Hall–Kier alpha value is -1.78. The van der Waals surface area contributed by atoms with Crippen molar-refractivity contribution in [3.63, 3.8) is 0 Å². The van der Waals surface area contributed by atoms with E-state index >= 15 is 0 Å². The molecule has 21 heavy (non-hydrogen) atoms. The zero-order chi connectivity index (χ0) is 15.4. The van der Waals surface area contributed by atoms with E-state index in [1.807, 2.05) is 10.5 Å². The predicted octanol–water partition coefficient (Wildman–Crippen LogP) is 3.00. The van der Waals surface area contributed by atoms with Gasteiger partial charge in [0.2, 0.25) is 17.5 Å². The van der Waals surface area contributed by atoms with Crippen molar-refractivity contribution < 1.29 is 9.47 Å². The van der Waals surface area contributed by atoms with E-state index in [-0.39, 0.29) is 10.8 Å². The minimum absolute atomic E-state index is 0.0278. The number of methoxy groups -OCH3 is 2. The lowest BCUT2D eigenvalue weighted by atomic mass is 9.66. The number of nitrogens with zero attached hydrogens (tertiary/aromatic N) is 3. The fourth-order valence-corrected chi connectivity index (χ4v) is 3.90. The molecule has 2 aromatic rings. The third-order valence-electron chi connectivity index (χ3n) is 4.24. The third kappa shape index (κ3) is 2.15. The molecule has 0 saturated heterocycles. The Balaban J connectivity index is 2.34. The molecule has 5 heteroatoms. The van der Waals surface area contributed by atoms with Crippen molar-refractivity contribution in [1.29, 1.82) is 0 Å². The van der Waals surface area contributed by atoms with Gasteiger partial charge in [-0.3, -0.25) is 4.40 Å². The third-order valence-corrected chi connectivity index (χ3v) is 4.24. The highest BCUT2D eigenvalue weighted by Gasteiger charge is 2.41. The molecular formula is C16H23N3O2. The maximum absolute atomic E-state index is 5.54. The van der Waals surface area contributed by atoms with Gasteiger partial charge < -0.3 is 9.47 Å². The summed E-state index contributed by atoms with van der Waals surface area (Å²) in [5.41, 5.74) is 2.60. The zero-order valence-corrected chi connectivity index (χ0v) is 13.6. The highest BCUT2D eigenvalue weighted by atomic mass is 16.5. The average molecular weight is 289 g/mol. The fraction of sp³-hybridized carbons (Fsp3) is 0.625. The van der Waals surface area contributed by atoms with E-state index in [0.29, 0.717) is 11.7 Å². The van der Waals surface area contributed by atoms with Crippen LogP contribution in [0.5, 0.6) is 11.8 Å². The SMILES string of the molecule is COc1cc(OC)n2c3c(nc2n1)CC(C)(C)CC3(C)C. The number of hydrogen-bond donors (Lipinski definition) is 0. The summed E-state index contributed by atoms with van der Waals surface area (Å²) in [5, 5.41) is 0. The number of imidazole rings is 1. The smallest absolute Gasteiger partial charge is 0.240 e. The van der Waals surface area contributed by atoms with Crippen LogP contribution in [0.15, 0.2) is 6.07 Å². The second kappa shape index (κ2) is 4.36. The lowest BCUT2D eigenvalue weighted by molar-refractivity contribution is 0.222. The highest BCUT2D eigenvalue weighted by Crippen LogP contribution is 2.46. The van der Waals surface area contributed by atoms with E-state index in [1.54, 1.807) is 14.2 Å². The van der Waals surface area contributed by atoms with Crippen molar-refractivity contribution in [3.8, 4) is 11.8 Å². The topological polar surface area (TPSA) is 48.7 Å². The maximum Gasteiger partial charge on any atom is 0.240 e. The van der Waals surface area contributed by atoms with Crippen LogP contribution >= 0.6 is 0 Å². The van der Waals surface area contributed by atoms with Crippen LogP contribution < -0.4 is 9.47 Å². The molecule has 5 nitrogen and oxygen atoms in total. The first kappa shape index (κ1) is 14.2. The van der Waals surface area contributed by atoms with Crippen LogP contribution in [0.1, 0.15) is 45.5 Å². The molecule has 0 unspecified atom stereocenters. The summed E-state index contributed by atoms with van der Waals surface area (Å²) in [6.45, 7) is 9.13. The van der Waals surface area contributed by atoms with Gasteiger partial charge in [0.05, 0.1) is 31.7 Å². The first-order valence-electron chi connectivity index (χ1n) is 7.28. The molecule has 0 aliphatic heterocycles. The van der Waals surface area contributed by atoms with Crippen molar-refractivity contribution >= 4 is 5.78 Å². The van der Waals surface area contributed by atoms with Gasteiger partial charge >= 0.3 is 0 Å². The van der Waals surface area contributed by atoms with Gasteiger partial charge in [0.15, 0.2) is 0 Å². The molecule has 0 spiro atoms. The second-order valence-corrected chi connectivity index (χ2v) is 7.29. The number of ether oxygens (including phenoxy) is 2. The van der Waals surface area contributed by atoms with Crippen LogP contribution in [0.4, 0.5) is 0 Å². The molecule has 0 N–H and O–H groups in total. The van der Waals surface area contributed by atoms with Crippen LogP contribution in [-0.2, 0) is 11.8 Å². The molecule has 1 aliphatic rings. The molecule has 1 aliphatic carbocycles. The molecule has 2 heterocycles. The van der Waals surface area contributed by atoms with Crippen LogP contribution in [-0.4, -0.2) is 28.6 Å². The number of hydrogen-bond acceptors (Lipinski definition) is 4. The average Bonchev–Trinajstić information content (AvgIpc) is 2.73. The van der Waals surface area contributed by atoms with E-state index in [2.05, 4.69) is 32.7 Å². The summed E-state index contributed by atoms with van der Waals surface area (Å²) in [6.07, 6.45) is 2.07. The molecule has 0 amide bonds. The lowest BCUT2D eigenvalue weighted by Gasteiger charge is -2.40. The van der Waals surface area contributed by atoms with Crippen molar-refractivity contribution in [2.75, 3.05) is 14.2 Å². The van der Waals surface area contributed by atoms with Gasteiger partial charge in [-0.15, -0.1) is 0 Å². The Labute approximate surface area is 125 Å². The summed E-state index contributed by atoms with van der Waals surface area (Å²) < 4.78 is 12.8. The molecule has 0 bridgehead atoms. The maximum atomic E-state index is 5.54. The van der Waals surface area contributed by atoms with Gasteiger partial charge in [-0.2, -0.15) is 4.98 Å². The first-order valence-corrected chi connectivity index (χ1v) is 7.28. The summed E-state index contributed by atoms with van der Waals surface area (Å²) in [7, 11) is 3.27. The van der Waals surface area contributed by atoms with Crippen molar-refractivity contribution in [3.05, 3.63) is 17.5 Å². The van der Waals surface area contributed by atoms with Gasteiger partial charge in [-0.25, -0.2) is 4.98 Å². The summed E-state index contributed by atoms with van der Waals surface area (Å²) in [5.74, 6) is 1.90. The van der Waals surface area contributed by atoms with Crippen molar-refractivity contribution in [1.82, 2.24) is 14.4 Å². The Morgan fingerprint density at radius 1 is 1.10 bits per heavy atom. The lowest BCUT2D eigenvalue weighted by Crippen LogP contribution is -2.35. The Kier molecular flexibility index (Phi) is 2.94. The standard InChI is InChI=1S/C16H23N3O2/c1-15(2)8-10-13(16(3,4)9-15)19-12(21-6)7-11(20-5)18-14(19)17-10/h7H,8-9H2,1-6H3. The Morgan fingerprint density at radius 2 is 1.81 bits per heavy atom. The highest BCUT2D eigenvalue weighted by molar-refractivity contribution is 5.47. The molecule has 114 valence electrons. The largest absolute Gasteiger partial charge is 0.482 e. The normalized spacial score (nSPS) is 19.3. The van der Waals surface area contributed by atoms with Gasteiger partial charge in [0, 0.05) is 5.41 Å². The van der Waals surface area contributed by atoms with Gasteiger partial charge in [0.1, 0.15) is 0 Å². The van der Waals surface area contributed by atoms with Gasteiger partial charge in [-0.1, -0.05) is 27.7 Å². The molecule has 0 atom stereocenters. The van der Waals surface area contributed by atoms with E-state index in [9.17, 15) is 0 Å². The predicted molar refractivity (Wildman–Crippen MR) is 81.2 cm³/mol. The van der Waals surface area contributed by atoms with Crippen LogP contribution in [0, 0.1) is 5.41 Å². The fourth-order valence-electron chi connectivity index (χ4n) is 3.90. The molecule has 0 aromatic carbocycles. The summed E-state index contributed by atoms with van der Waals surface area (Å²) in [4.78, 5) is 9.22. The Morgan fingerprint density at radius 3 is 2.43 bits per heavy atom. The number of rotatable bonds is 2. The quantitative estimate of drug-likeness (QED) is 0.852. The molecule has 0 fully saturated rings. The van der Waals surface area contributed by atoms with E-state index in [1.165, 1.54) is 5.69 Å². The van der Waals surface area contributed by atoms with Crippen LogP contribution in [0.25, 0.3) is 5.78 Å². The molecule has 0 radical (unpaired) electrons. The van der Waals surface area contributed by atoms with Crippen LogP contribution in [0.3, 0.4) is 0 Å². The van der Waals surface area contributed by atoms with Gasteiger partial charge in [0.25, 0.3) is 0 Å². The molecular weight excluding hydrogens is 266 g/mol. The second-order valence-electron chi connectivity index (χ2n) is 7.29. The van der Waals surface area contributed by atoms with E-state index < -0.39 is 0 Å². The Bertz CT molecular complexity index is 701. The van der Waals surface area contributed by atoms with Crippen LogP contribution in [0.2, 0.25) is 0 Å². The van der Waals surface area contributed by atoms with E-state index in [4.69, 9.17) is 14.5 Å². The molecule has 2 aromatic heterocycles. The van der Waals surface area contributed by atoms with Gasteiger partial charge in [-0.05, 0) is 18.3 Å².